The molecule has 0 spiro atoms. The van der Waals surface area contributed by atoms with E-state index in [0.717, 1.165) is 24.2 Å². The summed E-state index contributed by atoms with van der Waals surface area (Å²) in [6.07, 6.45) is 3.08. The van der Waals surface area contributed by atoms with Gasteiger partial charge >= 0.3 is 0 Å². The van der Waals surface area contributed by atoms with Crippen molar-refractivity contribution in [2.45, 2.75) is 45.1 Å². The average molecular weight is 339 g/mol. The number of rotatable bonds is 4. The highest BCUT2D eigenvalue weighted by molar-refractivity contribution is 5.93. The van der Waals surface area contributed by atoms with Crippen molar-refractivity contribution in [3.05, 3.63) is 48.2 Å². The third-order valence-corrected chi connectivity index (χ3v) is 4.25. The number of ether oxygens (including phenoxy) is 1. The molecular formula is C20H25N3O2. The number of benzene rings is 1. The normalized spacial score (nSPS) is 17.3. The highest BCUT2D eigenvalue weighted by Gasteiger charge is 2.23. The van der Waals surface area contributed by atoms with Crippen LogP contribution in [0, 0.1) is 0 Å². The fourth-order valence-electron chi connectivity index (χ4n) is 2.93. The molecule has 1 atom stereocenters. The summed E-state index contributed by atoms with van der Waals surface area (Å²) in [7, 11) is 0. The number of nitrogens with zero attached hydrogens (tertiary/aromatic N) is 1. The molecular weight excluding hydrogens is 314 g/mol. The molecule has 1 aromatic carbocycles. The lowest BCUT2D eigenvalue weighted by Crippen LogP contribution is -2.27. The first-order valence-corrected chi connectivity index (χ1v) is 8.68. The first-order chi connectivity index (χ1) is 11.9. The zero-order chi connectivity index (χ0) is 17.9. The van der Waals surface area contributed by atoms with Gasteiger partial charge in [-0.25, -0.2) is 4.98 Å². The second kappa shape index (κ2) is 7.23. The Morgan fingerprint density at radius 1 is 1.20 bits per heavy atom. The van der Waals surface area contributed by atoms with Crippen molar-refractivity contribution < 1.29 is 9.53 Å². The minimum atomic E-state index is -0.349. The van der Waals surface area contributed by atoms with Crippen LogP contribution in [0.25, 0.3) is 0 Å². The van der Waals surface area contributed by atoms with Gasteiger partial charge in [0.15, 0.2) is 0 Å². The second-order valence-corrected chi connectivity index (χ2v) is 7.34. The van der Waals surface area contributed by atoms with Gasteiger partial charge in [0, 0.05) is 12.3 Å². The Morgan fingerprint density at radius 3 is 2.64 bits per heavy atom. The predicted molar refractivity (Wildman–Crippen MR) is 100 cm³/mol. The molecule has 2 N–H and O–H groups in total. The van der Waals surface area contributed by atoms with E-state index in [4.69, 9.17) is 4.74 Å². The zero-order valence-electron chi connectivity index (χ0n) is 15.0. The number of carbonyl (C=O) groups excluding carboxylic acids is 1. The molecule has 5 heteroatoms. The number of hydrogen-bond donors (Lipinski definition) is 2. The lowest BCUT2D eigenvalue weighted by Gasteiger charge is -2.23. The van der Waals surface area contributed by atoms with Crippen molar-refractivity contribution in [2.75, 3.05) is 17.2 Å². The van der Waals surface area contributed by atoms with Gasteiger partial charge in [0.2, 0.25) is 0 Å². The highest BCUT2D eigenvalue weighted by Crippen LogP contribution is 2.31. The molecule has 1 saturated heterocycles. The molecule has 2 heterocycles. The third kappa shape index (κ3) is 4.37. The minimum Gasteiger partial charge on any atom is -0.368 e. The Hall–Kier alpha value is -2.40. The molecule has 0 bridgehead atoms. The van der Waals surface area contributed by atoms with Gasteiger partial charge in [0.05, 0.1) is 11.9 Å². The number of pyridine rings is 1. The van der Waals surface area contributed by atoms with E-state index < -0.39 is 0 Å². The van der Waals surface area contributed by atoms with Crippen LogP contribution in [0.3, 0.4) is 0 Å². The van der Waals surface area contributed by atoms with Crippen molar-refractivity contribution >= 4 is 23.1 Å². The second-order valence-electron chi connectivity index (χ2n) is 7.34. The van der Waals surface area contributed by atoms with Gasteiger partial charge in [-0.05, 0) is 42.0 Å². The molecule has 1 unspecified atom stereocenters. The van der Waals surface area contributed by atoms with Gasteiger partial charge in [-0.2, -0.15) is 0 Å². The molecule has 0 radical (unpaired) electrons. The summed E-state index contributed by atoms with van der Waals surface area (Å²) in [6, 6.07) is 12.0. The van der Waals surface area contributed by atoms with Crippen LogP contribution in [0.1, 0.15) is 39.2 Å². The largest absolute Gasteiger partial charge is 0.368 e. The lowest BCUT2D eigenvalue weighted by atomic mass is 9.86. The number of amides is 1. The summed E-state index contributed by atoms with van der Waals surface area (Å²) < 4.78 is 5.38. The Labute approximate surface area is 148 Å². The molecule has 3 rings (SSSR count). The molecule has 5 nitrogen and oxygen atoms in total. The number of aromatic nitrogens is 1. The lowest BCUT2D eigenvalue weighted by molar-refractivity contribution is -0.124. The van der Waals surface area contributed by atoms with Crippen LogP contribution in [-0.4, -0.2) is 23.6 Å². The molecule has 1 aliphatic heterocycles. The van der Waals surface area contributed by atoms with Gasteiger partial charge in [0.25, 0.3) is 5.91 Å². The van der Waals surface area contributed by atoms with Crippen LogP contribution >= 0.6 is 0 Å². The quantitative estimate of drug-likeness (QED) is 0.874. The van der Waals surface area contributed by atoms with Gasteiger partial charge < -0.3 is 15.4 Å². The number of carbonyl (C=O) groups is 1. The van der Waals surface area contributed by atoms with Gasteiger partial charge in [-0.3, -0.25) is 4.79 Å². The Bertz CT molecular complexity index is 729. The van der Waals surface area contributed by atoms with E-state index in [9.17, 15) is 4.79 Å². The molecule has 132 valence electrons. The Morgan fingerprint density at radius 2 is 2.00 bits per heavy atom. The summed E-state index contributed by atoms with van der Waals surface area (Å²) in [5.41, 5.74) is 3.23. The summed E-state index contributed by atoms with van der Waals surface area (Å²) >= 11 is 0. The first-order valence-electron chi connectivity index (χ1n) is 8.68. The smallest absolute Gasteiger partial charge is 0.254 e. The topological polar surface area (TPSA) is 63.2 Å². The van der Waals surface area contributed by atoms with Crippen molar-refractivity contribution in [3.8, 4) is 0 Å². The molecule has 0 aliphatic carbocycles. The maximum Gasteiger partial charge on any atom is 0.254 e. The Kier molecular flexibility index (Phi) is 5.04. The van der Waals surface area contributed by atoms with Crippen LogP contribution in [-0.2, 0) is 14.9 Å². The van der Waals surface area contributed by atoms with E-state index in [1.54, 1.807) is 12.3 Å². The average Bonchev–Trinajstić information content (AvgIpc) is 3.11. The van der Waals surface area contributed by atoms with E-state index in [2.05, 4.69) is 48.5 Å². The van der Waals surface area contributed by atoms with E-state index in [-0.39, 0.29) is 17.4 Å². The molecule has 1 fully saturated rings. The van der Waals surface area contributed by atoms with Crippen molar-refractivity contribution in [3.63, 3.8) is 0 Å². The van der Waals surface area contributed by atoms with E-state index in [1.165, 1.54) is 5.56 Å². The highest BCUT2D eigenvalue weighted by atomic mass is 16.5. The van der Waals surface area contributed by atoms with Crippen LogP contribution in [0.15, 0.2) is 42.6 Å². The summed E-state index contributed by atoms with van der Waals surface area (Å²) in [6.45, 7) is 7.22. The van der Waals surface area contributed by atoms with Crippen LogP contribution in [0.2, 0.25) is 0 Å². The number of hydrogen-bond acceptors (Lipinski definition) is 4. The first kappa shape index (κ1) is 17.4. The van der Waals surface area contributed by atoms with E-state index >= 15 is 0 Å². The maximum absolute atomic E-state index is 12.1. The van der Waals surface area contributed by atoms with Crippen molar-refractivity contribution in [1.82, 2.24) is 4.98 Å². The van der Waals surface area contributed by atoms with Gasteiger partial charge in [-0.1, -0.05) is 39.0 Å². The SMILES string of the molecule is CC(C)(C)c1ccccc1Nc1ccc(NC(=O)C2CCCO2)nc1. The van der Waals surface area contributed by atoms with Crippen LogP contribution in [0.5, 0.6) is 0 Å². The van der Waals surface area contributed by atoms with E-state index in [0.29, 0.717) is 12.4 Å². The molecule has 1 aliphatic rings. The number of anilines is 3. The maximum atomic E-state index is 12.1. The zero-order valence-corrected chi connectivity index (χ0v) is 15.0. The van der Waals surface area contributed by atoms with E-state index in [1.807, 2.05) is 18.2 Å². The summed E-state index contributed by atoms with van der Waals surface area (Å²) in [4.78, 5) is 16.4. The summed E-state index contributed by atoms with van der Waals surface area (Å²) in [5, 5.41) is 6.22. The van der Waals surface area contributed by atoms with Crippen LogP contribution in [0.4, 0.5) is 17.2 Å². The third-order valence-electron chi connectivity index (χ3n) is 4.25. The molecule has 1 aromatic heterocycles. The number of nitrogens with one attached hydrogen (secondary N) is 2. The standard InChI is InChI=1S/C20H25N3O2/c1-20(2,3)15-7-4-5-8-16(15)22-14-10-11-18(21-13-14)23-19(24)17-9-6-12-25-17/h4-5,7-8,10-11,13,17,22H,6,9,12H2,1-3H3,(H,21,23,24). The number of para-hydroxylation sites is 1. The fourth-order valence-corrected chi connectivity index (χ4v) is 2.93. The summed E-state index contributed by atoms with van der Waals surface area (Å²) in [5.74, 6) is 0.416. The molecule has 25 heavy (non-hydrogen) atoms. The van der Waals surface area contributed by atoms with Crippen molar-refractivity contribution in [2.24, 2.45) is 0 Å². The molecule has 2 aromatic rings. The molecule has 1 amide bonds. The van der Waals surface area contributed by atoms with Crippen molar-refractivity contribution in [1.29, 1.82) is 0 Å². The Balaban J connectivity index is 1.68. The van der Waals surface area contributed by atoms with Crippen LogP contribution < -0.4 is 10.6 Å². The van der Waals surface area contributed by atoms with Gasteiger partial charge in [0.1, 0.15) is 11.9 Å². The molecule has 0 saturated carbocycles. The fraction of sp³-hybridized carbons (Fsp3) is 0.400. The van der Waals surface area contributed by atoms with Gasteiger partial charge in [-0.15, -0.1) is 0 Å². The predicted octanol–water partition coefficient (Wildman–Crippen LogP) is 4.24. The minimum absolute atomic E-state index is 0.0478. The monoisotopic (exact) mass is 339 g/mol.